The third kappa shape index (κ3) is 3.85. The zero-order valence-electron chi connectivity index (χ0n) is 16.0. The summed E-state index contributed by atoms with van der Waals surface area (Å²) in [5.41, 5.74) is 1.19. The van der Waals surface area contributed by atoms with E-state index >= 15 is 0 Å². The van der Waals surface area contributed by atoms with Gasteiger partial charge >= 0.3 is 0 Å². The minimum Gasteiger partial charge on any atom is -0.360 e. The third-order valence-corrected chi connectivity index (χ3v) is 8.05. The number of rotatable bonds is 5. The van der Waals surface area contributed by atoms with Gasteiger partial charge in [0.15, 0.2) is 11.6 Å². The van der Waals surface area contributed by atoms with Crippen LogP contribution in [0, 0.1) is 19.8 Å². The lowest BCUT2D eigenvalue weighted by Gasteiger charge is -2.30. The van der Waals surface area contributed by atoms with Crippen LogP contribution in [-0.2, 0) is 14.8 Å². The number of H-pyrrole nitrogens is 1. The molecule has 3 aromatic rings. The Morgan fingerprint density at radius 3 is 2.72 bits per heavy atom. The maximum Gasteiger partial charge on any atom is 0.248 e. The van der Waals surface area contributed by atoms with Gasteiger partial charge in [0.05, 0.1) is 10.6 Å². The highest BCUT2D eigenvalue weighted by molar-refractivity contribution is 7.89. The summed E-state index contributed by atoms with van der Waals surface area (Å²) in [4.78, 5) is 13.8. The van der Waals surface area contributed by atoms with Crippen LogP contribution in [0.2, 0.25) is 0 Å². The Bertz CT molecular complexity index is 1090. The quantitative estimate of drug-likeness (QED) is 0.636. The van der Waals surface area contributed by atoms with Crippen LogP contribution in [0.4, 0.5) is 5.82 Å². The van der Waals surface area contributed by atoms with E-state index < -0.39 is 10.0 Å². The number of hydrogen-bond donors (Lipinski definition) is 2. The van der Waals surface area contributed by atoms with Crippen LogP contribution in [0.25, 0.3) is 10.6 Å². The fraction of sp³-hybridized carbons (Fsp3) is 0.389. The highest BCUT2D eigenvalue weighted by Crippen LogP contribution is 2.29. The van der Waals surface area contributed by atoms with E-state index in [1.165, 1.54) is 4.31 Å². The molecule has 11 heteroatoms. The van der Waals surface area contributed by atoms with Crippen molar-refractivity contribution in [3.8, 4) is 10.6 Å². The van der Waals surface area contributed by atoms with Crippen molar-refractivity contribution in [2.45, 2.75) is 31.6 Å². The molecule has 0 saturated carbocycles. The van der Waals surface area contributed by atoms with Crippen molar-refractivity contribution in [3.05, 3.63) is 35.0 Å². The molecule has 0 spiro atoms. The number of hydrogen-bond acceptors (Lipinski definition) is 7. The summed E-state index contributed by atoms with van der Waals surface area (Å²) >= 11 is 1.58. The second-order valence-electron chi connectivity index (χ2n) is 6.97. The standard InChI is InChI=1S/C18H21N5O4S2/c1-11-17(12(2)27-22-11)29(25,26)23-7-5-13(6-8-23)18(24)19-16-10-14(20-21-16)15-4-3-9-28-15/h3-4,9-10,13H,5-8H2,1-2H3,(H2,19,20,21,24). The lowest BCUT2D eigenvalue weighted by atomic mass is 9.97. The van der Waals surface area contributed by atoms with Crippen LogP contribution >= 0.6 is 11.3 Å². The van der Waals surface area contributed by atoms with Crippen molar-refractivity contribution in [3.63, 3.8) is 0 Å². The Hall–Kier alpha value is -2.50. The monoisotopic (exact) mass is 435 g/mol. The highest BCUT2D eigenvalue weighted by Gasteiger charge is 2.35. The zero-order chi connectivity index (χ0) is 20.6. The molecule has 0 aromatic carbocycles. The summed E-state index contributed by atoms with van der Waals surface area (Å²) in [6, 6.07) is 5.71. The van der Waals surface area contributed by atoms with E-state index in [9.17, 15) is 13.2 Å². The van der Waals surface area contributed by atoms with E-state index in [0.717, 1.165) is 10.6 Å². The Morgan fingerprint density at radius 1 is 1.34 bits per heavy atom. The van der Waals surface area contributed by atoms with E-state index in [1.54, 1.807) is 31.3 Å². The van der Waals surface area contributed by atoms with Crippen molar-refractivity contribution >= 4 is 33.1 Å². The second kappa shape index (κ2) is 7.73. The van der Waals surface area contributed by atoms with Gasteiger partial charge in [-0.05, 0) is 38.1 Å². The summed E-state index contributed by atoms with van der Waals surface area (Å²) in [7, 11) is -3.68. The molecule has 4 heterocycles. The lowest BCUT2D eigenvalue weighted by molar-refractivity contribution is -0.120. The number of aryl methyl sites for hydroxylation is 2. The van der Waals surface area contributed by atoms with Gasteiger partial charge in [-0.3, -0.25) is 9.89 Å². The average molecular weight is 436 g/mol. The van der Waals surface area contributed by atoms with Gasteiger partial charge < -0.3 is 9.84 Å². The summed E-state index contributed by atoms with van der Waals surface area (Å²) in [5.74, 6) is 0.322. The number of carbonyl (C=O) groups is 1. The van der Waals surface area contributed by atoms with E-state index in [2.05, 4.69) is 20.7 Å². The number of sulfonamides is 1. The topological polar surface area (TPSA) is 121 Å². The molecule has 29 heavy (non-hydrogen) atoms. The Kier molecular flexibility index (Phi) is 5.28. The van der Waals surface area contributed by atoms with Crippen molar-refractivity contribution in [1.29, 1.82) is 0 Å². The molecule has 0 atom stereocenters. The van der Waals surface area contributed by atoms with Crippen LogP contribution < -0.4 is 5.32 Å². The predicted molar refractivity (Wildman–Crippen MR) is 108 cm³/mol. The van der Waals surface area contributed by atoms with Crippen LogP contribution in [0.15, 0.2) is 33.0 Å². The summed E-state index contributed by atoms with van der Waals surface area (Å²) in [6.45, 7) is 3.73. The zero-order valence-corrected chi connectivity index (χ0v) is 17.6. The normalized spacial score (nSPS) is 16.2. The molecule has 1 aliphatic rings. The van der Waals surface area contributed by atoms with Crippen molar-refractivity contribution in [1.82, 2.24) is 19.7 Å². The molecule has 0 aliphatic carbocycles. The maximum absolute atomic E-state index is 12.9. The third-order valence-electron chi connectivity index (χ3n) is 5.01. The van der Waals surface area contributed by atoms with Gasteiger partial charge in [0.2, 0.25) is 15.9 Å². The number of amides is 1. The van der Waals surface area contributed by atoms with Gasteiger partial charge in [0.25, 0.3) is 0 Å². The number of nitrogens with zero attached hydrogens (tertiary/aromatic N) is 3. The molecular weight excluding hydrogens is 414 g/mol. The van der Waals surface area contributed by atoms with Crippen molar-refractivity contribution < 1.29 is 17.7 Å². The number of aromatic nitrogens is 3. The Labute approximate surface area is 172 Å². The van der Waals surface area contributed by atoms with E-state index in [0.29, 0.717) is 24.4 Å². The summed E-state index contributed by atoms with van der Waals surface area (Å²) < 4.78 is 32.2. The van der Waals surface area contributed by atoms with Gasteiger partial charge in [0.1, 0.15) is 10.6 Å². The molecule has 1 saturated heterocycles. The maximum atomic E-state index is 12.9. The molecule has 154 valence electrons. The van der Waals surface area contributed by atoms with Gasteiger partial charge in [-0.2, -0.15) is 9.40 Å². The SMILES string of the molecule is Cc1noc(C)c1S(=O)(=O)N1CCC(C(=O)Nc2cc(-c3cccs3)[nH]n2)CC1. The van der Waals surface area contributed by atoms with Gasteiger partial charge in [0, 0.05) is 25.1 Å². The molecule has 1 amide bonds. The average Bonchev–Trinajstić information content (AvgIpc) is 3.43. The summed E-state index contributed by atoms with van der Waals surface area (Å²) in [5, 5.41) is 15.6. The first-order valence-corrected chi connectivity index (χ1v) is 11.5. The molecule has 3 aromatic heterocycles. The smallest absolute Gasteiger partial charge is 0.248 e. The number of carbonyl (C=O) groups excluding carboxylic acids is 1. The first kappa shape index (κ1) is 19.8. The van der Waals surface area contributed by atoms with Crippen LogP contribution in [-0.4, -0.2) is 47.1 Å². The number of anilines is 1. The molecular formula is C18H21N5O4S2. The van der Waals surface area contributed by atoms with E-state index in [-0.39, 0.29) is 35.6 Å². The first-order chi connectivity index (χ1) is 13.9. The highest BCUT2D eigenvalue weighted by atomic mass is 32.2. The molecule has 0 radical (unpaired) electrons. The number of piperidine rings is 1. The molecule has 0 bridgehead atoms. The minimum absolute atomic E-state index is 0.123. The summed E-state index contributed by atoms with van der Waals surface area (Å²) in [6.07, 6.45) is 0.882. The predicted octanol–water partition coefficient (Wildman–Crippen LogP) is 2.78. The number of thiophene rings is 1. The molecule has 1 fully saturated rings. The molecule has 2 N–H and O–H groups in total. The first-order valence-electron chi connectivity index (χ1n) is 9.19. The van der Waals surface area contributed by atoms with Crippen LogP contribution in [0.5, 0.6) is 0 Å². The minimum atomic E-state index is -3.68. The van der Waals surface area contributed by atoms with Gasteiger partial charge in [-0.1, -0.05) is 11.2 Å². The molecule has 0 unspecified atom stereocenters. The molecule has 9 nitrogen and oxygen atoms in total. The van der Waals surface area contributed by atoms with Gasteiger partial charge in [-0.15, -0.1) is 11.3 Å². The second-order valence-corrected chi connectivity index (χ2v) is 9.79. The van der Waals surface area contributed by atoms with Crippen molar-refractivity contribution in [2.24, 2.45) is 5.92 Å². The Balaban J connectivity index is 1.38. The van der Waals surface area contributed by atoms with Crippen LogP contribution in [0.1, 0.15) is 24.3 Å². The Morgan fingerprint density at radius 2 is 2.10 bits per heavy atom. The number of aromatic amines is 1. The fourth-order valence-corrected chi connectivity index (χ4v) is 5.96. The van der Waals surface area contributed by atoms with E-state index in [4.69, 9.17) is 4.52 Å². The molecule has 1 aliphatic heterocycles. The lowest BCUT2D eigenvalue weighted by Crippen LogP contribution is -2.41. The van der Waals surface area contributed by atoms with Gasteiger partial charge in [-0.25, -0.2) is 8.42 Å². The van der Waals surface area contributed by atoms with Crippen LogP contribution in [0.3, 0.4) is 0 Å². The fourth-order valence-electron chi connectivity index (χ4n) is 3.50. The number of nitrogens with one attached hydrogen (secondary N) is 2. The largest absolute Gasteiger partial charge is 0.360 e. The van der Waals surface area contributed by atoms with E-state index in [1.807, 2.05) is 17.5 Å². The van der Waals surface area contributed by atoms with Crippen molar-refractivity contribution in [2.75, 3.05) is 18.4 Å². The molecule has 4 rings (SSSR count).